The van der Waals surface area contributed by atoms with E-state index < -0.39 is 5.12 Å². The Morgan fingerprint density at radius 3 is 2.54 bits per heavy atom. The fourth-order valence-electron chi connectivity index (χ4n) is 3.24. The summed E-state index contributed by atoms with van der Waals surface area (Å²) >= 11 is 0.782. The van der Waals surface area contributed by atoms with Crippen molar-refractivity contribution in [1.82, 2.24) is 15.0 Å². The first kappa shape index (κ1) is 24.2. The highest BCUT2D eigenvalue weighted by Gasteiger charge is 2.24. The van der Waals surface area contributed by atoms with Gasteiger partial charge in [0.2, 0.25) is 10.9 Å². The van der Waals surface area contributed by atoms with Crippen molar-refractivity contribution in [1.29, 1.82) is 0 Å². The van der Waals surface area contributed by atoms with E-state index in [0.717, 1.165) is 24.6 Å². The van der Waals surface area contributed by atoms with Crippen LogP contribution in [-0.4, -0.2) is 41.0 Å². The Bertz CT molecular complexity index is 1370. The zero-order valence-corrected chi connectivity index (χ0v) is 20.1. The minimum Gasteiger partial charge on any atom is -0.494 e. The van der Waals surface area contributed by atoms with Gasteiger partial charge in [-0.3, -0.25) is 14.7 Å². The third-order valence-corrected chi connectivity index (χ3v) is 6.04. The van der Waals surface area contributed by atoms with E-state index in [2.05, 4.69) is 43.4 Å². The lowest BCUT2D eigenvalue weighted by molar-refractivity contribution is -0.00899. The van der Waals surface area contributed by atoms with Crippen LogP contribution in [0.15, 0.2) is 40.6 Å². The van der Waals surface area contributed by atoms with E-state index in [1.165, 1.54) is 32.5 Å². The minimum atomic E-state index is -0.455. The van der Waals surface area contributed by atoms with Crippen molar-refractivity contribution in [3.63, 3.8) is 0 Å². The van der Waals surface area contributed by atoms with E-state index in [9.17, 15) is 9.32 Å². The zero-order valence-electron chi connectivity index (χ0n) is 19.3. The smallest absolute Gasteiger partial charge is 0.226 e. The summed E-state index contributed by atoms with van der Waals surface area (Å²) in [6, 6.07) is 4.54. The zero-order chi connectivity index (χ0) is 24.9. The number of ether oxygens (including phenoxy) is 2. The fourth-order valence-corrected chi connectivity index (χ4v) is 4.05. The van der Waals surface area contributed by atoms with Crippen LogP contribution in [0.1, 0.15) is 34.6 Å². The summed E-state index contributed by atoms with van der Waals surface area (Å²) in [5, 5.41) is -0.223. The van der Waals surface area contributed by atoms with Gasteiger partial charge in [-0.25, -0.2) is 15.0 Å². The fraction of sp³-hybridized carbons (Fsp3) is 0.240. The van der Waals surface area contributed by atoms with Gasteiger partial charge in [0, 0.05) is 38.9 Å². The van der Waals surface area contributed by atoms with Crippen LogP contribution in [0, 0.1) is 24.7 Å². The largest absolute Gasteiger partial charge is 0.494 e. The van der Waals surface area contributed by atoms with Crippen molar-refractivity contribution in [2.45, 2.75) is 24.8 Å². The topological polar surface area (TPSA) is 95.8 Å². The first-order chi connectivity index (χ1) is 17.0. The van der Waals surface area contributed by atoms with Crippen LogP contribution >= 0.6 is 11.8 Å². The molecular formula is C25H21FN4O4S. The lowest BCUT2D eigenvalue weighted by atomic mass is 9.98. The molecule has 0 saturated heterocycles. The maximum atomic E-state index is 13.5. The van der Waals surface area contributed by atoms with Crippen LogP contribution in [0.5, 0.6) is 17.2 Å². The van der Waals surface area contributed by atoms with Gasteiger partial charge in [-0.15, -0.1) is 0 Å². The quantitative estimate of drug-likeness (QED) is 0.254. The van der Waals surface area contributed by atoms with Crippen LogP contribution in [0.3, 0.4) is 0 Å². The van der Waals surface area contributed by atoms with E-state index in [-0.39, 0.29) is 27.9 Å². The number of aryl methyl sites for hydroxylation is 1. The Morgan fingerprint density at radius 1 is 1.11 bits per heavy atom. The standard InChI is InChI=1S/C25H21FN4O4S/c1-14-9-18(22(33-4)13-28-14)17-10-20(32-3)21(34-26)11-19(17)25(31)35-24-23(27-2)29-12-16(30-24)8-7-15-5-6-15/h9-13,15H,2,5-6H2,1,3-4H3. The number of methoxy groups -OCH3 is 2. The van der Waals surface area contributed by atoms with Crippen molar-refractivity contribution in [2.75, 3.05) is 14.2 Å². The number of aliphatic imine (C=N–C) groups is 1. The van der Waals surface area contributed by atoms with Crippen molar-refractivity contribution in [3.05, 3.63) is 47.5 Å². The number of thioether (sulfide) groups is 1. The third-order valence-electron chi connectivity index (χ3n) is 5.16. The molecule has 1 fully saturated rings. The average molecular weight is 493 g/mol. The first-order valence-corrected chi connectivity index (χ1v) is 11.4. The Kier molecular flexibility index (Phi) is 7.27. The first-order valence-electron chi connectivity index (χ1n) is 10.6. The summed E-state index contributed by atoms with van der Waals surface area (Å²) < 4.78 is 24.0. The molecule has 2 aromatic heterocycles. The molecule has 1 aliphatic carbocycles. The summed E-state index contributed by atoms with van der Waals surface area (Å²) in [7, 11) is 2.87. The van der Waals surface area contributed by atoms with Crippen molar-refractivity contribution < 1.29 is 23.7 Å². The summed E-state index contributed by atoms with van der Waals surface area (Å²) in [5.74, 6) is 6.95. The molecule has 0 spiro atoms. The molecule has 178 valence electrons. The summed E-state index contributed by atoms with van der Waals surface area (Å²) in [4.78, 5) is 34.3. The number of hydrogen-bond acceptors (Lipinski definition) is 9. The highest BCUT2D eigenvalue weighted by molar-refractivity contribution is 8.14. The molecule has 0 radical (unpaired) electrons. The number of nitrogens with zero attached hydrogens (tertiary/aromatic N) is 4. The second-order valence-electron chi connectivity index (χ2n) is 7.63. The lowest BCUT2D eigenvalue weighted by Crippen LogP contribution is -2.03. The molecule has 0 bridgehead atoms. The number of benzene rings is 1. The molecule has 10 heteroatoms. The maximum absolute atomic E-state index is 13.5. The van der Waals surface area contributed by atoms with Gasteiger partial charge in [-0.2, -0.15) is 0 Å². The van der Waals surface area contributed by atoms with Crippen LogP contribution in [0.4, 0.5) is 10.3 Å². The summed E-state index contributed by atoms with van der Waals surface area (Å²) in [6.45, 7) is 5.32. The summed E-state index contributed by atoms with van der Waals surface area (Å²) in [5.41, 5.74) is 2.27. The number of hydrogen-bond donors (Lipinski definition) is 0. The van der Waals surface area contributed by atoms with E-state index in [0.29, 0.717) is 34.2 Å². The SMILES string of the molecule is C=Nc1ncc(C#CC2CC2)nc1SC(=O)c1cc(OF)c(OC)cc1-c1cc(C)ncc1OC. The van der Waals surface area contributed by atoms with Gasteiger partial charge in [-0.05, 0) is 56.3 Å². The van der Waals surface area contributed by atoms with Crippen molar-refractivity contribution in [2.24, 2.45) is 10.9 Å². The molecule has 8 nitrogen and oxygen atoms in total. The molecule has 3 aromatic rings. The Hall–Kier alpha value is -3.97. The molecule has 4 rings (SSSR count). The number of carbonyl (C=O) groups excluding carboxylic acids is 1. The highest BCUT2D eigenvalue weighted by atomic mass is 32.2. The van der Waals surface area contributed by atoms with E-state index in [1.807, 2.05) is 0 Å². The van der Waals surface area contributed by atoms with Crippen LogP contribution in [0.2, 0.25) is 0 Å². The Morgan fingerprint density at radius 2 is 1.89 bits per heavy atom. The van der Waals surface area contributed by atoms with Gasteiger partial charge in [0.25, 0.3) is 0 Å². The van der Waals surface area contributed by atoms with E-state index >= 15 is 0 Å². The molecule has 0 amide bonds. The molecule has 0 N–H and O–H groups in total. The van der Waals surface area contributed by atoms with Crippen molar-refractivity contribution >= 4 is 29.4 Å². The molecule has 0 aliphatic heterocycles. The van der Waals surface area contributed by atoms with Gasteiger partial charge in [0.05, 0.1) is 26.6 Å². The van der Waals surface area contributed by atoms with E-state index in [1.54, 1.807) is 19.2 Å². The van der Waals surface area contributed by atoms with Gasteiger partial charge in [0.1, 0.15) is 11.4 Å². The van der Waals surface area contributed by atoms with E-state index in [4.69, 9.17) is 9.47 Å². The molecule has 0 atom stereocenters. The number of rotatable bonds is 7. The molecular weight excluding hydrogens is 471 g/mol. The maximum Gasteiger partial charge on any atom is 0.226 e. The van der Waals surface area contributed by atoms with Crippen molar-refractivity contribution in [3.8, 4) is 40.2 Å². The third kappa shape index (κ3) is 5.41. The second kappa shape index (κ2) is 10.5. The average Bonchev–Trinajstić information content (AvgIpc) is 3.71. The predicted octanol–water partition coefficient (Wildman–Crippen LogP) is 5.15. The van der Waals surface area contributed by atoms with Gasteiger partial charge in [-0.1, -0.05) is 5.92 Å². The van der Waals surface area contributed by atoms with Crippen LogP contribution in [0.25, 0.3) is 11.1 Å². The predicted molar refractivity (Wildman–Crippen MR) is 130 cm³/mol. The second-order valence-corrected chi connectivity index (χ2v) is 8.59. The molecule has 1 aromatic carbocycles. The van der Waals surface area contributed by atoms with Crippen LogP contribution in [-0.2, 0) is 0 Å². The Balaban J connectivity index is 1.80. The normalized spacial score (nSPS) is 12.3. The number of aromatic nitrogens is 3. The lowest BCUT2D eigenvalue weighted by Gasteiger charge is -2.15. The van der Waals surface area contributed by atoms with Gasteiger partial charge < -0.3 is 9.47 Å². The molecule has 1 aliphatic rings. The number of pyridine rings is 1. The molecule has 2 heterocycles. The minimum absolute atomic E-state index is 0.103. The number of halogens is 1. The molecule has 35 heavy (non-hydrogen) atoms. The molecule has 0 unspecified atom stereocenters. The van der Waals surface area contributed by atoms with Gasteiger partial charge >= 0.3 is 0 Å². The molecule has 1 saturated carbocycles. The Labute approximate surface area is 205 Å². The summed E-state index contributed by atoms with van der Waals surface area (Å²) in [6.07, 6.45) is 5.19. The van der Waals surface area contributed by atoms with Crippen LogP contribution < -0.4 is 14.4 Å². The number of carbonyl (C=O) groups is 1. The van der Waals surface area contributed by atoms with Gasteiger partial charge in [0.15, 0.2) is 16.6 Å². The monoisotopic (exact) mass is 492 g/mol. The highest BCUT2D eigenvalue weighted by Crippen LogP contribution is 2.42.